The molecule has 4 aromatic rings. The van der Waals surface area contributed by atoms with E-state index in [-0.39, 0.29) is 5.41 Å². The summed E-state index contributed by atoms with van der Waals surface area (Å²) in [5, 5.41) is 0.841. The fourth-order valence-electron chi connectivity index (χ4n) is 5.71. The lowest BCUT2D eigenvalue weighted by Gasteiger charge is -2.30. The maximum Gasteiger partial charge on any atom is 0.0465 e. The Labute approximate surface area is 188 Å². The van der Waals surface area contributed by atoms with Gasteiger partial charge >= 0.3 is 0 Å². The highest BCUT2D eigenvalue weighted by Crippen LogP contribution is 2.58. The highest BCUT2D eigenvalue weighted by molar-refractivity contribution is 6.30. The molecule has 1 fully saturated rings. The van der Waals surface area contributed by atoms with Crippen LogP contribution >= 0.6 is 11.6 Å². The van der Waals surface area contributed by atoms with Gasteiger partial charge in [-0.2, -0.15) is 0 Å². The molecule has 0 unspecified atom stereocenters. The Bertz CT molecular complexity index is 1200. The minimum Gasteiger partial charge on any atom is -0.310 e. The number of hydrogen-bond donors (Lipinski definition) is 0. The Morgan fingerprint density at radius 2 is 1.13 bits per heavy atom. The molecule has 0 radical (unpaired) electrons. The van der Waals surface area contributed by atoms with Crippen LogP contribution in [0.2, 0.25) is 5.02 Å². The number of rotatable bonds is 3. The molecule has 0 bridgehead atoms. The van der Waals surface area contributed by atoms with Crippen LogP contribution in [0.5, 0.6) is 0 Å². The smallest absolute Gasteiger partial charge is 0.0465 e. The summed E-state index contributed by atoms with van der Waals surface area (Å²) in [7, 11) is 0. The summed E-state index contributed by atoms with van der Waals surface area (Å²) in [5.74, 6) is 0. The molecule has 0 aliphatic heterocycles. The third kappa shape index (κ3) is 2.91. The summed E-state index contributed by atoms with van der Waals surface area (Å²) in [6.07, 6.45) is 4.95. The first-order valence-corrected chi connectivity index (χ1v) is 11.5. The second kappa shape index (κ2) is 7.28. The first-order valence-electron chi connectivity index (χ1n) is 11.1. The zero-order valence-corrected chi connectivity index (χ0v) is 18.1. The van der Waals surface area contributed by atoms with Crippen LogP contribution in [0.1, 0.15) is 36.8 Å². The molecule has 0 atom stereocenters. The average Bonchev–Trinajstić information content (AvgIpc) is 3.41. The van der Waals surface area contributed by atoms with E-state index in [4.69, 9.17) is 11.6 Å². The average molecular weight is 422 g/mol. The van der Waals surface area contributed by atoms with Gasteiger partial charge in [0.05, 0.1) is 0 Å². The number of hydrogen-bond acceptors (Lipinski definition) is 1. The van der Waals surface area contributed by atoms with Crippen molar-refractivity contribution >= 4 is 28.7 Å². The van der Waals surface area contributed by atoms with Crippen LogP contribution in [-0.4, -0.2) is 0 Å². The topological polar surface area (TPSA) is 3.24 Å². The van der Waals surface area contributed by atoms with Gasteiger partial charge in [-0.1, -0.05) is 73.0 Å². The molecule has 0 heterocycles. The molecule has 152 valence electrons. The molecule has 0 amide bonds. The summed E-state index contributed by atoms with van der Waals surface area (Å²) in [5.41, 5.74) is 9.29. The normalized spacial score (nSPS) is 15.6. The summed E-state index contributed by atoms with van der Waals surface area (Å²) in [4.78, 5) is 2.36. The van der Waals surface area contributed by atoms with Crippen molar-refractivity contribution in [1.29, 1.82) is 0 Å². The summed E-state index contributed by atoms with van der Waals surface area (Å²) in [6, 6.07) is 34.8. The van der Waals surface area contributed by atoms with Crippen molar-refractivity contribution in [3.8, 4) is 11.1 Å². The van der Waals surface area contributed by atoms with Crippen LogP contribution in [0.15, 0.2) is 97.1 Å². The second-order valence-electron chi connectivity index (χ2n) is 8.72. The van der Waals surface area contributed by atoms with Gasteiger partial charge in [-0.15, -0.1) is 0 Å². The van der Waals surface area contributed by atoms with E-state index in [1.54, 1.807) is 0 Å². The highest BCUT2D eigenvalue weighted by Gasteiger charge is 2.45. The van der Waals surface area contributed by atoms with E-state index in [9.17, 15) is 0 Å². The van der Waals surface area contributed by atoms with Gasteiger partial charge in [0.1, 0.15) is 0 Å². The van der Waals surface area contributed by atoms with Gasteiger partial charge in [-0.3, -0.25) is 0 Å². The molecule has 1 nitrogen and oxygen atoms in total. The molecule has 1 saturated carbocycles. The molecule has 0 aromatic heterocycles. The largest absolute Gasteiger partial charge is 0.310 e. The van der Waals surface area contributed by atoms with Gasteiger partial charge in [0, 0.05) is 27.5 Å². The third-order valence-corrected chi connectivity index (χ3v) is 7.29. The molecule has 1 spiro atoms. The van der Waals surface area contributed by atoms with E-state index in [0.717, 1.165) is 5.02 Å². The number of halogens is 1. The first-order chi connectivity index (χ1) is 15.3. The van der Waals surface area contributed by atoms with E-state index in [2.05, 4.69) is 95.9 Å². The Morgan fingerprint density at radius 1 is 0.581 bits per heavy atom. The Balaban J connectivity index is 1.56. The molecule has 2 aliphatic carbocycles. The van der Waals surface area contributed by atoms with Crippen LogP contribution in [0.3, 0.4) is 0 Å². The molecule has 0 N–H and O–H groups in total. The lowest BCUT2D eigenvalue weighted by atomic mass is 9.76. The predicted molar refractivity (Wildman–Crippen MR) is 131 cm³/mol. The van der Waals surface area contributed by atoms with E-state index < -0.39 is 0 Å². The van der Waals surface area contributed by atoms with Crippen LogP contribution in [0.4, 0.5) is 17.1 Å². The van der Waals surface area contributed by atoms with Gasteiger partial charge in [-0.25, -0.2) is 0 Å². The highest BCUT2D eigenvalue weighted by atomic mass is 35.5. The Hall–Kier alpha value is -3.03. The maximum absolute atomic E-state index is 6.46. The number of para-hydroxylation sites is 2. The van der Waals surface area contributed by atoms with E-state index in [1.165, 1.54) is 65.0 Å². The van der Waals surface area contributed by atoms with Crippen molar-refractivity contribution in [2.45, 2.75) is 31.1 Å². The number of fused-ring (bicyclic) bond motifs is 5. The molecule has 2 aliphatic rings. The number of benzene rings is 4. The SMILES string of the molecule is Clc1ccc2c(c1)C1(CCCC1)c1cc(N(c3ccccc3)c3ccccc3)ccc1-2. The second-order valence-corrected chi connectivity index (χ2v) is 9.15. The maximum atomic E-state index is 6.46. The fraction of sp³-hybridized carbons (Fsp3) is 0.172. The van der Waals surface area contributed by atoms with Crippen molar-refractivity contribution in [3.63, 3.8) is 0 Å². The lowest BCUT2D eigenvalue weighted by molar-refractivity contribution is 0.550. The standard InChI is InChI=1S/C29H24ClN/c30-21-13-15-25-26-16-14-24(20-28(26)29(27(25)19-21)17-7-8-18-29)31(22-9-3-1-4-10-22)23-11-5-2-6-12-23/h1-6,9-16,19-20H,7-8,17-18H2. The van der Waals surface area contributed by atoms with Crippen LogP contribution in [0, 0.1) is 0 Å². The van der Waals surface area contributed by atoms with Gasteiger partial charge in [0.25, 0.3) is 0 Å². The van der Waals surface area contributed by atoms with Gasteiger partial charge in [0.2, 0.25) is 0 Å². The summed E-state index contributed by atoms with van der Waals surface area (Å²) < 4.78 is 0. The molecule has 2 heteroatoms. The zero-order chi connectivity index (χ0) is 20.8. The molecule has 31 heavy (non-hydrogen) atoms. The minimum absolute atomic E-state index is 0.102. The van der Waals surface area contributed by atoms with E-state index in [0.29, 0.717) is 0 Å². The van der Waals surface area contributed by atoms with Crippen LogP contribution < -0.4 is 4.90 Å². The Morgan fingerprint density at radius 3 is 1.74 bits per heavy atom. The van der Waals surface area contributed by atoms with E-state index in [1.807, 2.05) is 6.07 Å². The summed E-state index contributed by atoms with van der Waals surface area (Å²) in [6.45, 7) is 0. The molecule has 6 rings (SSSR count). The summed E-state index contributed by atoms with van der Waals surface area (Å²) >= 11 is 6.46. The van der Waals surface area contributed by atoms with Crippen molar-refractivity contribution in [3.05, 3.63) is 113 Å². The minimum atomic E-state index is 0.102. The number of anilines is 3. The quantitative estimate of drug-likeness (QED) is 0.320. The van der Waals surface area contributed by atoms with Crippen LogP contribution in [-0.2, 0) is 5.41 Å². The molecular weight excluding hydrogens is 398 g/mol. The van der Waals surface area contributed by atoms with Gasteiger partial charge < -0.3 is 4.90 Å². The number of nitrogens with zero attached hydrogens (tertiary/aromatic N) is 1. The molecular formula is C29H24ClN. The van der Waals surface area contributed by atoms with Gasteiger partial charge in [-0.05, 0) is 83.6 Å². The fourth-order valence-corrected chi connectivity index (χ4v) is 5.89. The molecule has 0 saturated heterocycles. The predicted octanol–water partition coefficient (Wildman–Crippen LogP) is 8.65. The van der Waals surface area contributed by atoms with Gasteiger partial charge in [0.15, 0.2) is 0 Å². The molecule has 4 aromatic carbocycles. The Kier molecular flexibility index (Phi) is 4.40. The monoisotopic (exact) mass is 421 g/mol. The van der Waals surface area contributed by atoms with Crippen molar-refractivity contribution in [1.82, 2.24) is 0 Å². The van der Waals surface area contributed by atoms with Crippen molar-refractivity contribution in [2.75, 3.05) is 4.90 Å². The zero-order valence-electron chi connectivity index (χ0n) is 17.4. The van der Waals surface area contributed by atoms with Crippen LogP contribution in [0.25, 0.3) is 11.1 Å². The third-order valence-electron chi connectivity index (χ3n) is 7.05. The van der Waals surface area contributed by atoms with Crippen molar-refractivity contribution < 1.29 is 0 Å². The van der Waals surface area contributed by atoms with E-state index >= 15 is 0 Å². The first kappa shape index (κ1) is 18.7. The van der Waals surface area contributed by atoms with Crippen molar-refractivity contribution in [2.24, 2.45) is 0 Å². The lowest BCUT2D eigenvalue weighted by Crippen LogP contribution is -2.21.